The van der Waals surface area contributed by atoms with Crippen LogP contribution in [0.2, 0.25) is 5.02 Å². The van der Waals surface area contributed by atoms with Crippen molar-refractivity contribution >= 4 is 23.4 Å². The van der Waals surface area contributed by atoms with Gasteiger partial charge in [-0.15, -0.1) is 0 Å². The molecule has 1 aromatic carbocycles. The highest BCUT2D eigenvalue weighted by Crippen LogP contribution is 2.09. The lowest BCUT2D eigenvalue weighted by Gasteiger charge is -1.92. The van der Waals surface area contributed by atoms with Crippen molar-refractivity contribution in [3.05, 3.63) is 40.9 Å². The minimum Gasteiger partial charge on any atom is -0.266 e. The van der Waals surface area contributed by atoms with E-state index in [1.165, 1.54) is 0 Å². The van der Waals surface area contributed by atoms with Crippen molar-refractivity contribution < 1.29 is 4.79 Å². The van der Waals surface area contributed by atoms with Crippen LogP contribution < -0.4 is 0 Å². The van der Waals surface area contributed by atoms with Crippen LogP contribution >= 0.6 is 11.6 Å². The molecular weight excluding hydrogens is 186 g/mol. The summed E-state index contributed by atoms with van der Waals surface area (Å²) in [6.07, 6.45) is 1.58. The Hall–Kier alpha value is -1.37. The Balaban J connectivity index is 2.90. The van der Waals surface area contributed by atoms with Gasteiger partial charge >= 0.3 is 0 Å². The second-order valence-electron chi connectivity index (χ2n) is 2.34. The molecule has 66 valence electrons. The zero-order valence-corrected chi connectivity index (χ0v) is 7.88. The fraction of sp³-hybridized carbons (Fsp3) is 0.100. The van der Waals surface area contributed by atoms with Crippen molar-refractivity contribution in [3.8, 4) is 0 Å². The maximum absolute atomic E-state index is 11.2. The third-order valence-corrected chi connectivity index (χ3v) is 1.64. The summed E-state index contributed by atoms with van der Waals surface area (Å²) in [7, 11) is 0. The maximum atomic E-state index is 11.2. The Morgan fingerprint density at radius 1 is 1.46 bits per heavy atom. The minimum absolute atomic E-state index is 0.310. The van der Waals surface area contributed by atoms with E-state index in [1.807, 2.05) is 0 Å². The number of rotatable bonds is 1. The number of carbonyl (C=O) groups is 1. The third-order valence-electron chi connectivity index (χ3n) is 1.39. The summed E-state index contributed by atoms with van der Waals surface area (Å²) in [4.78, 5) is 14.8. The molecule has 13 heavy (non-hydrogen) atoms. The van der Waals surface area contributed by atoms with Gasteiger partial charge in [-0.25, -0.2) is 0 Å². The fourth-order valence-corrected chi connectivity index (χ4v) is 0.906. The first-order valence-electron chi connectivity index (χ1n) is 3.78. The molecule has 0 aromatic heterocycles. The van der Waals surface area contributed by atoms with Crippen molar-refractivity contribution in [2.45, 2.75) is 6.92 Å². The number of amides is 1. The van der Waals surface area contributed by atoms with E-state index >= 15 is 0 Å². The van der Waals surface area contributed by atoms with Crippen LogP contribution in [-0.2, 0) is 0 Å². The summed E-state index contributed by atoms with van der Waals surface area (Å²) in [5, 5.41) is 0.603. The summed E-state index contributed by atoms with van der Waals surface area (Å²) < 4.78 is 0. The van der Waals surface area contributed by atoms with E-state index < -0.39 is 0 Å². The second kappa shape index (κ2) is 4.61. The van der Waals surface area contributed by atoms with Crippen molar-refractivity contribution in [3.63, 3.8) is 0 Å². The zero-order chi connectivity index (χ0) is 9.68. The van der Waals surface area contributed by atoms with Gasteiger partial charge in [0.2, 0.25) is 0 Å². The number of nitrogens with zero attached hydrogens (tertiary/aromatic N) is 1. The highest BCUT2D eigenvalue weighted by atomic mass is 35.5. The summed E-state index contributed by atoms with van der Waals surface area (Å²) in [6.45, 7) is 1.75. The Morgan fingerprint density at radius 3 is 2.62 bits per heavy atom. The van der Waals surface area contributed by atoms with Gasteiger partial charge in [-0.3, -0.25) is 4.79 Å². The van der Waals surface area contributed by atoms with Crippen molar-refractivity contribution in [1.29, 1.82) is 0 Å². The van der Waals surface area contributed by atoms with Gasteiger partial charge < -0.3 is 0 Å². The van der Waals surface area contributed by atoms with Crippen molar-refractivity contribution in [2.75, 3.05) is 0 Å². The average molecular weight is 194 g/mol. The molecule has 0 heterocycles. The summed E-state index contributed by atoms with van der Waals surface area (Å²) >= 11 is 5.66. The van der Waals surface area contributed by atoms with E-state index in [-0.39, 0.29) is 5.91 Å². The molecule has 1 aromatic rings. The monoisotopic (exact) mass is 193 g/mol. The van der Waals surface area contributed by atoms with Crippen LogP contribution in [0.3, 0.4) is 0 Å². The van der Waals surface area contributed by atoms with Crippen LogP contribution in [-0.4, -0.2) is 11.8 Å². The summed E-state index contributed by atoms with van der Waals surface area (Å²) in [5.74, 6) is 2.17. The molecule has 0 saturated carbocycles. The van der Waals surface area contributed by atoms with Gasteiger partial charge in [0.05, 0.1) is 0 Å². The first-order chi connectivity index (χ1) is 6.24. The van der Waals surface area contributed by atoms with E-state index in [4.69, 9.17) is 11.6 Å². The van der Waals surface area contributed by atoms with E-state index in [1.54, 1.807) is 37.3 Å². The van der Waals surface area contributed by atoms with Crippen LogP contribution in [0.1, 0.15) is 17.3 Å². The number of halogens is 1. The topological polar surface area (TPSA) is 29.4 Å². The van der Waals surface area contributed by atoms with E-state index in [2.05, 4.69) is 10.9 Å². The number of hydrogen-bond donors (Lipinski definition) is 0. The second-order valence-corrected chi connectivity index (χ2v) is 2.78. The van der Waals surface area contributed by atoms with Gasteiger partial charge in [0.1, 0.15) is 0 Å². The third kappa shape index (κ3) is 2.86. The molecular formula is C10H8ClNO. The van der Waals surface area contributed by atoms with Gasteiger partial charge in [-0.05, 0) is 43.1 Å². The summed E-state index contributed by atoms with van der Waals surface area (Å²) in [6, 6.07) is 6.57. The Bertz CT molecular complexity index is 361. The van der Waals surface area contributed by atoms with Crippen LogP contribution in [0.4, 0.5) is 0 Å². The highest BCUT2D eigenvalue weighted by Gasteiger charge is 2.00. The molecule has 1 rings (SSSR count). The molecule has 0 unspecified atom stereocenters. The molecule has 3 heteroatoms. The lowest BCUT2D eigenvalue weighted by Crippen LogP contribution is -1.92. The molecule has 1 amide bonds. The van der Waals surface area contributed by atoms with E-state index in [0.717, 1.165) is 0 Å². The molecule has 0 saturated heterocycles. The van der Waals surface area contributed by atoms with E-state index in [0.29, 0.717) is 10.6 Å². The number of carbonyl (C=O) groups excluding carboxylic acids is 1. The molecule has 0 spiro atoms. The molecule has 0 aliphatic rings. The number of aliphatic imine (C=N–C) groups is 1. The molecule has 0 N–H and O–H groups in total. The SMILES string of the molecule is CC=C=NC(=O)c1ccc(Cl)cc1. The largest absolute Gasteiger partial charge is 0.285 e. The molecule has 0 radical (unpaired) electrons. The van der Waals surface area contributed by atoms with Crippen LogP contribution in [0, 0.1) is 0 Å². The molecule has 0 atom stereocenters. The minimum atomic E-state index is -0.310. The van der Waals surface area contributed by atoms with Crippen molar-refractivity contribution in [2.24, 2.45) is 4.99 Å². The van der Waals surface area contributed by atoms with Gasteiger partial charge in [0.15, 0.2) is 0 Å². The van der Waals surface area contributed by atoms with Gasteiger partial charge in [-0.2, -0.15) is 4.99 Å². The fourth-order valence-electron chi connectivity index (χ4n) is 0.780. The lowest BCUT2D eigenvalue weighted by molar-refractivity contribution is 0.100. The maximum Gasteiger partial charge on any atom is 0.285 e. The Morgan fingerprint density at radius 2 is 2.08 bits per heavy atom. The average Bonchev–Trinajstić information content (AvgIpc) is 2.15. The van der Waals surface area contributed by atoms with Gasteiger partial charge in [0.25, 0.3) is 5.91 Å². The predicted molar refractivity (Wildman–Crippen MR) is 53.5 cm³/mol. The number of benzene rings is 1. The zero-order valence-electron chi connectivity index (χ0n) is 7.12. The first kappa shape index (κ1) is 9.72. The predicted octanol–water partition coefficient (Wildman–Crippen LogP) is 2.73. The lowest BCUT2D eigenvalue weighted by atomic mass is 10.2. The van der Waals surface area contributed by atoms with Crippen LogP contribution in [0.25, 0.3) is 0 Å². The normalized spacial score (nSPS) is 8.77. The smallest absolute Gasteiger partial charge is 0.266 e. The standard InChI is InChI=1S/C10H8ClNO/c1-2-7-12-10(13)8-3-5-9(11)6-4-8/h2-6H,1H3. The first-order valence-corrected chi connectivity index (χ1v) is 4.16. The molecule has 0 aliphatic heterocycles. The molecule has 0 aliphatic carbocycles. The van der Waals surface area contributed by atoms with Gasteiger partial charge in [-0.1, -0.05) is 11.6 Å². The Labute approximate surface area is 81.6 Å². The van der Waals surface area contributed by atoms with E-state index in [9.17, 15) is 4.79 Å². The number of hydrogen-bond acceptors (Lipinski definition) is 1. The summed E-state index contributed by atoms with van der Waals surface area (Å²) in [5.41, 5.74) is 0.513. The number of allylic oxidation sites excluding steroid dienone is 1. The Kier molecular flexibility index (Phi) is 3.44. The van der Waals surface area contributed by atoms with Crippen LogP contribution in [0.5, 0.6) is 0 Å². The molecule has 2 nitrogen and oxygen atoms in total. The van der Waals surface area contributed by atoms with Crippen molar-refractivity contribution in [1.82, 2.24) is 0 Å². The molecule has 0 fully saturated rings. The van der Waals surface area contributed by atoms with Gasteiger partial charge in [0, 0.05) is 10.6 Å². The quantitative estimate of drug-likeness (QED) is 0.631. The molecule has 0 bridgehead atoms. The highest BCUT2D eigenvalue weighted by molar-refractivity contribution is 6.30. The van der Waals surface area contributed by atoms with Crippen LogP contribution in [0.15, 0.2) is 35.3 Å².